The topological polar surface area (TPSA) is 90.0 Å². The second kappa shape index (κ2) is 7.94. The van der Waals surface area contributed by atoms with Crippen LogP contribution in [0.5, 0.6) is 0 Å². The van der Waals surface area contributed by atoms with Crippen LogP contribution < -0.4 is 11.1 Å². The van der Waals surface area contributed by atoms with Gasteiger partial charge in [-0.1, -0.05) is 54.6 Å². The molecule has 0 aliphatic carbocycles. The molecule has 1 atom stereocenters. The Labute approximate surface area is 188 Å². The van der Waals surface area contributed by atoms with E-state index in [1.807, 2.05) is 90.5 Å². The molecule has 32 heavy (non-hydrogen) atoms. The largest absolute Gasteiger partial charge is 0.368 e. The summed E-state index contributed by atoms with van der Waals surface area (Å²) < 4.78 is 1.83. The first kappa shape index (κ1) is 20.0. The molecule has 0 fully saturated rings. The summed E-state index contributed by atoms with van der Waals surface area (Å²) in [5, 5.41) is 10.4. The summed E-state index contributed by atoms with van der Waals surface area (Å²) in [5.41, 5.74) is 8.06. The molecule has 0 saturated heterocycles. The molecule has 3 aromatic carbocycles. The molecule has 0 aliphatic rings. The molecular weight excluding hydrogens is 420 g/mol. The van der Waals surface area contributed by atoms with E-state index in [0.717, 1.165) is 32.4 Å². The van der Waals surface area contributed by atoms with Crippen molar-refractivity contribution >= 4 is 44.1 Å². The van der Waals surface area contributed by atoms with E-state index in [-0.39, 0.29) is 5.91 Å². The van der Waals surface area contributed by atoms with Gasteiger partial charge in [-0.05, 0) is 47.5 Å². The van der Waals surface area contributed by atoms with E-state index < -0.39 is 11.9 Å². The minimum absolute atomic E-state index is 0.345. The molecule has 2 heterocycles. The van der Waals surface area contributed by atoms with Crippen molar-refractivity contribution in [2.45, 2.75) is 13.0 Å². The number of benzene rings is 3. The van der Waals surface area contributed by atoms with Crippen molar-refractivity contribution in [2.75, 3.05) is 0 Å². The Morgan fingerprint density at radius 3 is 2.44 bits per heavy atom. The van der Waals surface area contributed by atoms with E-state index in [2.05, 4.69) is 10.4 Å². The molecule has 2 amide bonds. The van der Waals surface area contributed by atoms with Gasteiger partial charge in [0.1, 0.15) is 10.9 Å². The first-order valence-corrected chi connectivity index (χ1v) is 11.0. The summed E-state index contributed by atoms with van der Waals surface area (Å²) in [4.78, 5) is 26.7. The van der Waals surface area contributed by atoms with E-state index in [0.29, 0.717) is 10.4 Å². The third-order valence-electron chi connectivity index (χ3n) is 5.44. The van der Waals surface area contributed by atoms with Crippen molar-refractivity contribution in [3.05, 3.63) is 95.0 Å². The van der Waals surface area contributed by atoms with Crippen LogP contribution in [-0.2, 0) is 4.79 Å². The maximum absolute atomic E-state index is 13.1. The molecule has 6 nitrogen and oxygen atoms in total. The minimum Gasteiger partial charge on any atom is -0.368 e. The minimum atomic E-state index is -0.927. The molecular formula is C25H20N4O2S. The third-order valence-corrected chi connectivity index (χ3v) is 6.55. The summed E-state index contributed by atoms with van der Waals surface area (Å²) in [5.74, 6) is -0.955. The second-order valence-corrected chi connectivity index (χ2v) is 8.61. The number of fused-ring (bicyclic) bond motifs is 2. The zero-order valence-electron chi connectivity index (χ0n) is 17.3. The van der Waals surface area contributed by atoms with Crippen LogP contribution in [0.15, 0.2) is 78.9 Å². The van der Waals surface area contributed by atoms with Crippen LogP contribution in [0.3, 0.4) is 0 Å². The van der Waals surface area contributed by atoms with Crippen LogP contribution in [0.2, 0.25) is 0 Å². The van der Waals surface area contributed by atoms with Gasteiger partial charge in [0.25, 0.3) is 5.91 Å². The summed E-state index contributed by atoms with van der Waals surface area (Å²) >= 11 is 1.34. The highest BCUT2D eigenvalue weighted by atomic mass is 32.1. The highest BCUT2D eigenvalue weighted by Crippen LogP contribution is 2.31. The van der Waals surface area contributed by atoms with Crippen molar-refractivity contribution < 1.29 is 9.59 Å². The number of hydrogen-bond donors (Lipinski definition) is 2. The maximum Gasteiger partial charge on any atom is 0.262 e. The lowest BCUT2D eigenvalue weighted by molar-refractivity contribution is -0.120. The van der Waals surface area contributed by atoms with Crippen LogP contribution in [0.25, 0.3) is 26.7 Å². The van der Waals surface area contributed by atoms with Crippen molar-refractivity contribution in [1.29, 1.82) is 0 Å². The standard InChI is InChI=1S/C25H20N4O2S/c1-15-20-14-21(32-25(20)29(28-15)19-9-3-2-4-10-19)24(31)27-22(23(26)30)18-12-11-16-7-5-6-8-17(16)13-18/h2-14,22H,1H3,(H2,26,30)(H,27,31). The van der Waals surface area contributed by atoms with Crippen molar-refractivity contribution in [3.8, 4) is 5.69 Å². The molecule has 5 rings (SSSR count). The normalized spacial score (nSPS) is 12.2. The van der Waals surface area contributed by atoms with Crippen LogP contribution in [0.1, 0.15) is 27.0 Å². The number of aromatic nitrogens is 2. The first-order valence-electron chi connectivity index (χ1n) is 10.1. The fraction of sp³-hybridized carbons (Fsp3) is 0.0800. The Morgan fingerprint density at radius 1 is 0.969 bits per heavy atom. The average molecular weight is 441 g/mol. The Balaban J connectivity index is 1.48. The van der Waals surface area contributed by atoms with Gasteiger partial charge in [0.05, 0.1) is 16.3 Å². The number of carbonyl (C=O) groups is 2. The van der Waals surface area contributed by atoms with Gasteiger partial charge in [-0.15, -0.1) is 11.3 Å². The number of carbonyl (C=O) groups excluding carboxylic acids is 2. The molecule has 1 unspecified atom stereocenters. The molecule has 0 bridgehead atoms. The number of thiophene rings is 1. The number of rotatable bonds is 5. The molecule has 3 N–H and O–H groups in total. The number of para-hydroxylation sites is 1. The zero-order valence-corrected chi connectivity index (χ0v) is 18.1. The summed E-state index contributed by atoms with van der Waals surface area (Å²) in [6, 6.07) is 24.1. The van der Waals surface area contributed by atoms with Gasteiger partial charge in [-0.2, -0.15) is 5.10 Å². The van der Waals surface area contributed by atoms with E-state index >= 15 is 0 Å². The van der Waals surface area contributed by atoms with Gasteiger partial charge < -0.3 is 11.1 Å². The van der Waals surface area contributed by atoms with Gasteiger partial charge >= 0.3 is 0 Å². The predicted molar refractivity (Wildman–Crippen MR) is 127 cm³/mol. The van der Waals surface area contributed by atoms with Gasteiger partial charge in [0.15, 0.2) is 0 Å². The second-order valence-electron chi connectivity index (χ2n) is 7.58. The number of hydrogen-bond acceptors (Lipinski definition) is 4. The van der Waals surface area contributed by atoms with Crippen LogP contribution in [0.4, 0.5) is 0 Å². The maximum atomic E-state index is 13.1. The third kappa shape index (κ3) is 3.52. The lowest BCUT2D eigenvalue weighted by Gasteiger charge is -2.16. The van der Waals surface area contributed by atoms with Gasteiger partial charge in [0.2, 0.25) is 5.91 Å². The fourth-order valence-electron chi connectivity index (χ4n) is 3.81. The fourth-order valence-corrected chi connectivity index (χ4v) is 4.90. The lowest BCUT2D eigenvalue weighted by Crippen LogP contribution is -2.37. The number of nitrogens with two attached hydrogens (primary N) is 1. The van der Waals surface area contributed by atoms with Crippen LogP contribution >= 0.6 is 11.3 Å². The Hall–Kier alpha value is -3.97. The number of primary amides is 1. The van der Waals surface area contributed by atoms with Crippen molar-refractivity contribution in [1.82, 2.24) is 15.1 Å². The molecule has 7 heteroatoms. The molecule has 0 spiro atoms. The Bertz CT molecular complexity index is 1470. The van der Waals surface area contributed by atoms with Crippen LogP contribution in [-0.4, -0.2) is 21.6 Å². The monoisotopic (exact) mass is 440 g/mol. The first-order chi connectivity index (χ1) is 15.5. The predicted octanol–water partition coefficient (Wildman–Crippen LogP) is 4.51. The number of nitrogens with one attached hydrogen (secondary N) is 1. The Kier molecular flexibility index (Phi) is 4.95. The molecule has 5 aromatic rings. The molecule has 0 aliphatic heterocycles. The van der Waals surface area contributed by atoms with E-state index in [4.69, 9.17) is 5.73 Å². The van der Waals surface area contributed by atoms with Crippen molar-refractivity contribution in [3.63, 3.8) is 0 Å². The number of nitrogens with zero attached hydrogens (tertiary/aromatic N) is 2. The summed E-state index contributed by atoms with van der Waals surface area (Å²) in [6.07, 6.45) is 0. The molecule has 0 saturated carbocycles. The smallest absolute Gasteiger partial charge is 0.262 e. The van der Waals surface area contributed by atoms with Gasteiger partial charge in [0, 0.05) is 5.39 Å². The number of amides is 2. The van der Waals surface area contributed by atoms with Gasteiger partial charge in [-0.3, -0.25) is 9.59 Å². The number of aryl methyl sites for hydroxylation is 1. The van der Waals surface area contributed by atoms with Crippen molar-refractivity contribution in [2.24, 2.45) is 5.73 Å². The van der Waals surface area contributed by atoms with E-state index in [1.165, 1.54) is 11.3 Å². The lowest BCUT2D eigenvalue weighted by atomic mass is 10.0. The van der Waals surface area contributed by atoms with E-state index in [1.54, 1.807) is 0 Å². The van der Waals surface area contributed by atoms with Crippen LogP contribution in [0, 0.1) is 6.92 Å². The van der Waals surface area contributed by atoms with E-state index in [9.17, 15) is 9.59 Å². The zero-order chi connectivity index (χ0) is 22.2. The van der Waals surface area contributed by atoms with Gasteiger partial charge in [-0.25, -0.2) is 4.68 Å². The summed E-state index contributed by atoms with van der Waals surface area (Å²) in [7, 11) is 0. The molecule has 158 valence electrons. The Morgan fingerprint density at radius 2 is 1.69 bits per heavy atom. The highest BCUT2D eigenvalue weighted by Gasteiger charge is 2.24. The quantitative estimate of drug-likeness (QED) is 0.421. The highest BCUT2D eigenvalue weighted by molar-refractivity contribution is 7.20. The summed E-state index contributed by atoms with van der Waals surface area (Å²) in [6.45, 7) is 1.91. The SMILES string of the molecule is Cc1nn(-c2ccccc2)c2sc(C(=O)NC(C(N)=O)c3ccc4ccccc4c3)cc12. The average Bonchev–Trinajstić information content (AvgIpc) is 3.38. The molecule has 2 aromatic heterocycles. The molecule has 0 radical (unpaired) electrons.